The third kappa shape index (κ3) is 10.7. The quantitative estimate of drug-likeness (QED) is 0.0703. The molecule has 2 aromatic rings. The summed E-state index contributed by atoms with van der Waals surface area (Å²) in [4.78, 5) is 20.8. The number of hydrogen-bond donors (Lipinski definition) is 7. The number of carbonyl (C=O) groups excluding carboxylic acids is 1. The zero-order valence-electron chi connectivity index (χ0n) is 48.3. The van der Waals surface area contributed by atoms with Crippen molar-refractivity contribution < 1.29 is 44.2 Å². The van der Waals surface area contributed by atoms with Gasteiger partial charge in [0.05, 0.1) is 18.9 Å². The molecule has 2 aromatic carbocycles. The van der Waals surface area contributed by atoms with E-state index in [2.05, 4.69) is 71.2 Å². The van der Waals surface area contributed by atoms with Crippen LogP contribution in [0.25, 0.3) is 0 Å². The molecular formula is C67H92N4O9. The molecule has 7 fully saturated rings. The van der Waals surface area contributed by atoms with Gasteiger partial charge >= 0.3 is 0 Å². The Hall–Kier alpha value is -4.76. The fourth-order valence-electron chi connectivity index (χ4n) is 19.2. The lowest BCUT2D eigenvalue weighted by molar-refractivity contribution is -0.159. The van der Waals surface area contributed by atoms with Crippen molar-refractivity contribution in [3.63, 3.8) is 0 Å². The van der Waals surface area contributed by atoms with E-state index < -0.39 is 22.7 Å². The molecule has 0 saturated heterocycles. The van der Waals surface area contributed by atoms with Gasteiger partial charge in [0.2, 0.25) is 11.7 Å². The van der Waals surface area contributed by atoms with Crippen LogP contribution >= 0.6 is 0 Å². The molecular weight excluding hydrogens is 1000 g/mol. The van der Waals surface area contributed by atoms with E-state index in [4.69, 9.17) is 23.9 Å². The number of rotatable bonds is 14. The number of phenolic OH excluding ortho intramolecular Hbond substituents is 1. The lowest BCUT2D eigenvalue weighted by Gasteiger charge is -2.62. The number of likely N-dealkylation sites (N-methyl/N-ethyl adjacent to an activating group) is 1. The topological polar surface area (TPSA) is 183 Å². The van der Waals surface area contributed by atoms with Gasteiger partial charge in [-0.05, 0) is 204 Å². The van der Waals surface area contributed by atoms with Gasteiger partial charge in [-0.3, -0.25) is 15.1 Å². The molecule has 2 heterocycles. The van der Waals surface area contributed by atoms with Crippen LogP contribution in [-0.4, -0.2) is 91.1 Å². The highest BCUT2D eigenvalue weighted by Crippen LogP contribution is 2.74. The number of hydrogen-bond acceptors (Lipinski definition) is 11. The summed E-state index contributed by atoms with van der Waals surface area (Å²) < 4.78 is 26.5. The number of anilines is 1. The van der Waals surface area contributed by atoms with Gasteiger partial charge in [-0.2, -0.15) is 0 Å². The number of aromatic hydroxyl groups is 1. The van der Waals surface area contributed by atoms with Crippen LogP contribution in [0.4, 0.5) is 5.69 Å². The molecule has 434 valence electrons. The first-order valence-electron chi connectivity index (χ1n) is 31.2. The molecule has 7 N–H and O–H groups in total. The first-order chi connectivity index (χ1) is 38.9. The molecule has 4 bridgehead atoms. The standard InChI is InChI=1S/C67H92N4O9/c1-5-43-19-21-50-51(17-11-31-72)62-64(25-6-7-26-64)28-29-67(62)49-36-54(61-58(37-49)80-65(42-68-2)39-45(14-12-32-78-61)47(40-65)35-60(76)79-56-18-8-13-46(56)41-73)71-63(69-3)70-30-10-16-48-15-9-27-66(48,59(75)24-22-53(67)52(50)33-43)38-44-20-23-55(74)57(34-44)77-4/h20,22-24,34,36-37,43,45-48,50-53,56,60,62,68,72-74,76H,5-9,11,13-19,21,25-29,31,33,35,38-42H2,1-4H3,(H2,69,70,71). The van der Waals surface area contributed by atoms with Crippen LogP contribution in [0.5, 0.6) is 23.0 Å². The zero-order valence-corrected chi connectivity index (χ0v) is 48.3. The Morgan fingerprint density at radius 1 is 0.950 bits per heavy atom. The molecule has 80 heavy (non-hydrogen) atoms. The van der Waals surface area contributed by atoms with Gasteiger partial charge in [-0.15, -0.1) is 0 Å². The number of carbonyl (C=O) groups is 1. The molecule has 9 aliphatic rings. The first-order valence-corrected chi connectivity index (χ1v) is 31.2. The van der Waals surface area contributed by atoms with E-state index in [0.717, 1.165) is 89.0 Å². The summed E-state index contributed by atoms with van der Waals surface area (Å²) in [6.07, 6.45) is 28.5. The van der Waals surface area contributed by atoms with Crippen molar-refractivity contribution in [1.82, 2.24) is 10.6 Å². The summed E-state index contributed by atoms with van der Waals surface area (Å²) in [6, 6.07) is 13.4. The van der Waals surface area contributed by atoms with Crippen molar-refractivity contribution in [3.8, 4) is 47.0 Å². The number of ketones is 1. The number of benzene rings is 2. The third-order valence-electron chi connectivity index (χ3n) is 22.6. The lowest BCUT2D eigenvalue weighted by Crippen LogP contribution is -2.58. The number of aliphatic imine (C=N–C) groups is 1. The maximum Gasteiger partial charge on any atom is 0.207 e. The molecule has 15 atom stereocenters. The largest absolute Gasteiger partial charge is 0.504 e. The van der Waals surface area contributed by atoms with Gasteiger partial charge in [-0.25, -0.2) is 0 Å². The Kier molecular flexibility index (Phi) is 17.3. The number of nitrogens with one attached hydrogen (secondary N) is 3. The zero-order chi connectivity index (χ0) is 55.7. The van der Waals surface area contributed by atoms with E-state index in [1.807, 2.05) is 19.2 Å². The SMILES string of the molecule is CCC1CCC2C(C1)C1C=CC(=O)C3(Cc4ccc(O)c(OC)c4)CCCC3CC#CNC(=NC)Nc3cc(cc4c3OC#CCC3CC(CNC)(CC3CC(O)OC3CCCC3CO)O4)C13CCC1(CCCC1)C3C2CCCO. The summed E-state index contributed by atoms with van der Waals surface area (Å²) in [6.45, 7) is 3.16. The number of allylic oxidation sites excluding steroid dienone is 2. The van der Waals surface area contributed by atoms with Crippen molar-refractivity contribution in [1.29, 1.82) is 0 Å². The number of aliphatic hydroxyl groups is 3. The molecule has 11 rings (SSSR count). The van der Waals surface area contributed by atoms with Crippen LogP contribution in [0.15, 0.2) is 47.5 Å². The molecule has 13 nitrogen and oxygen atoms in total. The van der Waals surface area contributed by atoms with Crippen LogP contribution in [0.3, 0.4) is 0 Å². The highest BCUT2D eigenvalue weighted by atomic mass is 16.6. The van der Waals surface area contributed by atoms with Gasteiger partial charge in [0.1, 0.15) is 11.7 Å². The van der Waals surface area contributed by atoms with Crippen LogP contribution in [0.1, 0.15) is 166 Å². The fourth-order valence-corrected chi connectivity index (χ4v) is 19.2. The number of nitrogens with zero attached hydrogens (tertiary/aromatic N) is 1. The summed E-state index contributed by atoms with van der Waals surface area (Å²) >= 11 is 0. The highest BCUT2D eigenvalue weighted by molar-refractivity contribution is 5.97. The smallest absolute Gasteiger partial charge is 0.207 e. The highest BCUT2D eigenvalue weighted by Gasteiger charge is 2.68. The molecule has 15 unspecified atom stereocenters. The first kappa shape index (κ1) is 57.1. The number of ether oxygens (including phenoxy) is 4. The number of phenols is 1. The second kappa shape index (κ2) is 24.2. The minimum atomic E-state index is -0.971. The molecule has 0 aromatic heterocycles. The Balaban J connectivity index is 1.09. The number of guanidine groups is 1. The maximum atomic E-state index is 16.0. The Labute approximate surface area is 476 Å². The van der Waals surface area contributed by atoms with Gasteiger partial charge < -0.3 is 50.0 Å². The predicted octanol–water partition coefficient (Wildman–Crippen LogP) is 10.6. The van der Waals surface area contributed by atoms with Gasteiger partial charge in [0.25, 0.3) is 0 Å². The molecule has 0 amide bonds. The monoisotopic (exact) mass is 1100 g/mol. The van der Waals surface area contributed by atoms with Gasteiger partial charge in [0, 0.05) is 68.9 Å². The van der Waals surface area contributed by atoms with E-state index in [9.17, 15) is 20.4 Å². The lowest BCUT2D eigenvalue weighted by atomic mass is 9.42. The summed E-state index contributed by atoms with van der Waals surface area (Å²) in [7, 11) is 5.31. The van der Waals surface area contributed by atoms with Crippen LogP contribution in [0, 0.1) is 94.0 Å². The normalized spacial score (nSPS) is 36.8. The summed E-state index contributed by atoms with van der Waals surface area (Å²) in [5.74, 6) is 11.4. The Morgan fingerprint density at radius 3 is 2.60 bits per heavy atom. The summed E-state index contributed by atoms with van der Waals surface area (Å²) in [5, 5.41) is 53.8. The van der Waals surface area contributed by atoms with Crippen LogP contribution in [-0.2, 0) is 21.4 Å². The van der Waals surface area contributed by atoms with E-state index >= 15 is 4.79 Å². The van der Waals surface area contributed by atoms with Crippen molar-refractivity contribution in [3.05, 3.63) is 53.6 Å². The number of fused-ring (bicyclic) bond motifs is 10. The number of aliphatic hydroxyl groups excluding tert-OH is 3. The predicted molar refractivity (Wildman–Crippen MR) is 311 cm³/mol. The van der Waals surface area contributed by atoms with Gasteiger partial charge in [0.15, 0.2) is 29.3 Å². The van der Waals surface area contributed by atoms with Crippen molar-refractivity contribution in [2.75, 3.05) is 46.3 Å². The van der Waals surface area contributed by atoms with E-state index in [1.165, 1.54) is 44.1 Å². The Bertz CT molecular complexity index is 2730. The minimum Gasteiger partial charge on any atom is -0.504 e. The molecule has 0 radical (unpaired) electrons. The summed E-state index contributed by atoms with van der Waals surface area (Å²) in [5.41, 5.74) is 1.15. The van der Waals surface area contributed by atoms with Gasteiger partial charge in [-0.1, -0.05) is 69.4 Å². The Morgan fingerprint density at radius 2 is 1.81 bits per heavy atom. The third-order valence-corrected chi connectivity index (χ3v) is 22.6. The average Bonchev–Trinajstić information content (AvgIpc) is 4.12. The van der Waals surface area contributed by atoms with E-state index in [0.29, 0.717) is 91.2 Å². The minimum absolute atomic E-state index is 0.00121. The van der Waals surface area contributed by atoms with E-state index in [1.54, 1.807) is 20.2 Å². The second-order valence-corrected chi connectivity index (χ2v) is 26.5. The molecule has 7 saturated carbocycles. The van der Waals surface area contributed by atoms with Crippen molar-refractivity contribution in [2.45, 2.75) is 184 Å². The molecule has 2 aliphatic heterocycles. The van der Waals surface area contributed by atoms with Crippen molar-refractivity contribution in [2.24, 2.45) is 75.0 Å². The molecule has 13 heteroatoms. The molecule has 7 aliphatic carbocycles. The van der Waals surface area contributed by atoms with Crippen LogP contribution in [0.2, 0.25) is 0 Å². The van der Waals surface area contributed by atoms with Crippen molar-refractivity contribution >= 4 is 17.4 Å². The average molecular weight is 1100 g/mol. The fraction of sp³-hybridized carbons (Fsp3) is 0.701. The molecule has 2 spiro atoms. The second-order valence-electron chi connectivity index (χ2n) is 26.5. The number of methoxy groups -OCH3 is 1. The van der Waals surface area contributed by atoms with E-state index in [-0.39, 0.29) is 71.8 Å². The maximum absolute atomic E-state index is 16.0. The van der Waals surface area contributed by atoms with Crippen LogP contribution < -0.4 is 30.2 Å².